The molecule has 2 amide bonds. The van der Waals surface area contributed by atoms with E-state index in [1.54, 1.807) is 12.1 Å². The van der Waals surface area contributed by atoms with Crippen LogP contribution in [0.4, 0.5) is 10.1 Å². The lowest BCUT2D eigenvalue weighted by molar-refractivity contribution is -0.118. The number of hydrogen-bond acceptors (Lipinski definition) is 4. The van der Waals surface area contributed by atoms with Crippen LogP contribution in [0.25, 0.3) is 11.0 Å². The number of benzene rings is 3. The van der Waals surface area contributed by atoms with Gasteiger partial charge in [-0.1, -0.05) is 23.8 Å². The van der Waals surface area contributed by atoms with E-state index < -0.39 is 5.82 Å². The van der Waals surface area contributed by atoms with Gasteiger partial charge < -0.3 is 19.9 Å². The van der Waals surface area contributed by atoms with Gasteiger partial charge in [0.25, 0.3) is 11.8 Å². The first-order valence-electron chi connectivity index (χ1n) is 10.9. The third kappa shape index (κ3) is 5.58. The SMILES string of the molecule is Cc1ccc(OCC(=O)Nc2ccc3c(c2)nc(CCNC(=O)c2cccc(F)c2)n3C)cc1. The lowest BCUT2D eigenvalue weighted by atomic mass is 10.2. The molecule has 0 unspecified atom stereocenters. The summed E-state index contributed by atoms with van der Waals surface area (Å²) in [4.78, 5) is 29.1. The summed E-state index contributed by atoms with van der Waals surface area (Å²) < 4.78 is 20.8. The average molecular weight is 461 g/mol. The smallest absolute Gasteiger partial charge is 0.262 e. The number of ether oxygens (including phenoxy) is 1. The Hall–Kier alpha value is -4.20. The van der Waals surface area contributed by atoms with Crippen LogP contribution in [0.3, 0.4) is 0 Å². The van der Waals surface area contributed by atoms with E-state index in [1.165, 1.54) is 18.2 Å². The summed E-state index contributed by atoms with van der Waals surface area (Å²) in [5.74, 6) is 0.357. The van der Waals surface area contributed by atoms with Gasteiger partial charge in [-0.2, -0.15) is 0 Å². The summed E-state index contributed by atoms with van der Waals surface area (Å²) in [7, 11) is 1.90. The van der Waals surface area contributed by atoms with Crippen molar-refractivity contribution >= 4 is 28.5 Å². The van der Waals surface area contributed by atoms with E-state index in [9.17, 15) is 14.0 Å². The summed E-state index contributed by atoms with van der Waals surface area (Å²) in [6.45, 7) is 2.24. The molecule has 2 N–H and O–H groups in total. The molecule has 8 heteroatoms. The van der Waals surface area contributed by atoms with Crippen molar-refractivity contribution in [2.75, 3.05) is 18.5 Å². The Morgan fingerprint density at radius 2 is 1.85 bits per heavy atom. The monoisotopic (exact) mass is 460 g/mol. The second kappa shape index (κ2) is 10.2. The Kier molecular flexibility index (Phi) is 6.87. The Labute approximate surface area is 196 Å². The molecule has 0 aliphatic carbocycles. The predicted molar refractivity (Wildman–Crippen MR) is 128 cm³/mol. The molecule has 0 saturated carbocycles. The third-order valence-electron chi connectivity index (χ3n) is 5.37. The zero-order valence-electron chi connectivity index (χ0n) is 19.0. The quantitative estimate of drug-likeness (QED) is 0.416. The molecule has 0 aliphatic heterocycles. The Bertz CT molecular complexity index is 1330. The Morgan fingerprint density at radius 3 is 2.62 bits per heavy atom. The molecule has 0 atom stereocenters. The number of fused-ring (bicyclic) bond motifs is 1. The molecule has 0 bridgehead atoms. The van der Waals surface area contributed by atoms with Crippen LogP contribution in [0, 0.1) is 12.7 Å². The summed E-state index contributed by atoms with van der Waals surface area (Å²) >= 11 is 0. The maximum atomic E-state index is 13.3. The maximum Gasteiger partial charge on any atom is 0.262 e. The lowest BCUT2D eigenvalue weighted by Gasteiger charge is -2.08. The number of carbonyl (C=O) groups is 2. The Morgan fingerprint density at radius 1 is 1.06 bits per heavy atom. The summed E-state index contributed by atoms with van der Waals surface area (Å²) in [6, 6.07) is 18.5. The molecule has 34 heavy (non-hydrogen) atoms. The van der Waals surface area contributed by atoms with E-state index in [0.29, 0.717) is 24.4 Å². The standard InChI is InChI=1S/C26H25FN4O3/c1-17-6-9-21(10-7-17)34-16-25(32)29-20-8-11-23-22(15-20)30-24(31(23)2)12-13-28-26(33)18-4-3-5-19(27)14-18/h3-11,14-15H,12-13,16H2,1-2H3,(H,28,33)(H,29,32). The first-order chi connectivity index (χ1) is 16.4. The number of hydrogen-bond donors (Lipinski definition) is 2. The molecule has 0 fully saturated rings. The second-order valence-corrected chi connectivity index (χ2v) is 7.96. The van der Waals surface area contributed by atoms with Crippen molar-refractivity contribution in [2.24, 2.45) is 7.05 Å². The van der Waals surface area contributed by atoms with Crippen molar-refractivity contribution in [2.45, 2.75) is 13.3 Å². The number of aryl methyl sites for hydroxylation is 2. The highest BCUT2D eigenvalue weighted by molar-refractivity contribution is 5.94. The van der Waals surface area contributed by atoms with Gasteiger partial charge in [0.15, 0.2) is 6.61 Å². The second-order valence-electron chi connectivity index (χ2n) is 7.96. The van der Waals surface area contributed by atoms with E-state index in [4.69, 9.17) is 4.74 Å². The molecule has 174 valence electrons. The minimum Gasteiger partial charge on any atom is -0.484 e. The van der Waals surface area contributed by atoms with E-state index in [1.807, 2.05) is 54.9 Å². The zero-order chi connectivity index (χ0) is 24.1. The van der Waals surface area contributed by atoms with Gasteiger partial charge in [0.1, 0.15) is 17.4 Å². The maximum absolute atomic E-state index is 13.3. The number of imidazole rings is 1. The van der Waals surface area contributed by atoms with E-state index in [-0.39, 0.29) is 24.0 Å². The summed E-state index contributed by atoms with van der Waals surface area (Å²) in [5, 5.41) is 5.61. The van der Waals surface area contributed by atoms with Crippen LogP contribution in [0.1, 0.15) is 21.7 Å². The van der Waals surface area contributed by atoms with E-state index in [2.05, 4.69) is 15.6 Å². The van der Waals surface area contributed by atoms with Crippen LogP contribution in [0.5, 0.6) is 5.75 Å². The molecule has 1 heterocycles. The van der Waals surface area contributed by atoms with E-state index >= 15 is 0 Å². The van der Waals surface area contributed by atoms with Gasteiger partial charge in [-0.25, -0.2) is 9.37 Å². The third-order valence-corrected chi connectivity index (χ3v) is 5.37. The van der Waals surface area contributed by atoms with Gasteiger partial charge in [-0.3, -0.25) is 9.59 Å². The molecule has 4 rings (SSSR count). The average Bonchev–Trinajstić information content (AvgIpc) is 3.13. The van der Waals surface area contributed by atoms with Crippen molar-refractivity contribution in [3.05, 3.63) is 89.5 Å². The first-order valence-corrected chi connectivity index (χ1v) is 10.9. The van der Waals surface area contributed by atoms with Crippen LogP contribution >= 0.6 is 0 Å². The van der Waals surface area contributed by atoms with Crippen molar-refractivity contribution < 1.29 is 18.7 Å². The van der Waals surface area contributed by atoms with Crippen molar-refractivity contribution in [3.8, 4) is 5.75 Å². The fourth-order valence-corrected chi connectivity index (χ4v) is 3.55. The number of nitrogens with zero attached hydrogens (tertiary/aromatic N) is 2. The lowest BCUT2D eigenvalue weighted by Crippen LogP contribution is -2.26. The van der Waals surface area contributed by atoms with Crippen LogP contribution < -0.4 is 15.4 Å². The van der Waals surface area contributed by atoms with Crippen LogP contribution in [0.2, 0.25) is 0 Å². The summed E-state index contributed by atoms with van der Waals surface area (Å²) in [5.41, 5.74) is 3.64. The number of rotatable bonds is 8. The number of aromatic nitrogens is 2. The molecule has 3 aromatic carbocycles. The highest BCUT2D eigenvalue weighted by Crippen LogP contribution is 2.20. The molecule has 0 aliphatic rings. The predicted octanol–water partition coefficient (Wildman–Crippen LogP) is 4.01. The first kappa shape index (κ1) is 23.0. The number of halogens is 1. The highest BCUT2D eigenvalue weighted by Gasteiger charge is 2.11. The molecule has 0 saturated heterocycles. The number of carbonyl (C=O) groups excluding carboxylic acids is 2. The minimum absolute atomic E-state index is 0.0976. The fraction of sp³-hybridized carbons (Fsp3) is 0.192. The molecule has 7 nitrogen and oxygen atoms in total. The van der Waals surface area contributed by atoms with Crippen molar-refractivity contribution in [3.63, 3.8) is 0 Å². The van der Waals surface area contributed by atoms with Gasteiger partial charge >= 0.3 is 0 Å². The van der Waals surface area contributed by atoms with Gasteiger partial charge in [-0.05, 0) is 55.5 Å². The van der Waals surface area contributed by atoms with Crippen LogP contribution in [-0.2, 0) is 18.3 Å². The largest absolute Gasteiger partial charge is 0.484 e. The van der Waals surface area contributed by atoms with Gasteiger partial charge in [0.2, 0.25) is 0 Å². The molecule has 1 aromatic heterocycles. The van der Waals surface area contributed by atoms with Crippen molar-refractivity contribution in [1.82, 2.24) is 14.9 Å². The number of amides is 2. The molecule has 4 aromatic rings. The minimum atomic E-state index is -0.451. The van der Waals surface area contributed by atoms with Crippen LogP contribution in [0.15, 0.2) is 66.7 Å². The van der Waals surface area contributed by atoms with E-state index in [0.717, 1.165) is 22.4 Å². The molecule has 0 radical (unpaired) electrons. The van der Waals surface area contributed by atoms with Gasteiger partial charge in [-0.15, -0.1) is 0 Å². The topological polar surface area (TPSA) is 85.2 Å². The number of nitrogens with one attached hydrogen (secondary N) is 2. The van der Waals surface area contributed by atoms with Crippen molar-refractivity contribution in [1.29, 1.82) is 0 Å². The highest BCUT2D eigenvalue weighted by atomic mass is 19.1. The van der Waals surface area contributed by atoms with Crippen LogP contribution in [-0.4, -0.2) is 34.5 Å². The molecule has 0 spiro atoms. The molecular formula is C26H25FN4O3. The van der Waals surface area contributed by atoms with Gasteiger partial charge in [0, 0.05) is 31.3 Å². The molecular weight excluding hydrogens is 435 g/mol. The Balaban J connectivity index is 1.34. The normalized spacial score (nSPS) is 10.8. The number of anilines is 1. The van der Waals surface area contributed by atoms with Gasteiger partial charge in [0.05, 0.1) is 11.0 Å². The summed E-state index contributed by atoms with van der Waals surface area (Å²) in [6.07, 6.45) is 0.498. The zero-order valence-corrected chi connectivity index (χ0v) is 19.0. The fourth-order valence-electron chi connectivity index (χ4n) is 3.55.